The Morgan fingerprint density at radius 3 is 2.81 bits per heavy atom. The van der Waals surface area contributed by atoms with Gasteiger partial charge in [-0.25, -0.2) is 4.40 Å². The van der Waals surface area contributed by atoms with Gasteiger partial charge in [0.2, 0.25) is 0 Å². The van der Waals surface area contributed by atoms with Crippen LogP contribution in [0.15, 0.2) is 28.7 Å². The Morgan fingerprint density at radius 2 is 2.05 bits per heavy atom. The first-order valence-corrected chi connectivity index (χ1v) is 9.22. The van der Waals surface area contributed by atoms with Gasteiger partial charge in [-0.1, -0.05) is 38.1 Å². The summed E-state index contributed by atoms with van der Waals surface area (Å²) in [4.78, 5) is 2.52. The van der Waals surface area contributed by atoms with Gasteiger partial charge in [-0.15, -0.1) is 0 Å². The number of piperidine rings is 1. The Bertz CT molecular complexity index is 492. The maximum Gasteiger partial charge on any atom is 0.116 e. The maximum absolute atomic E-state index is 4.74. The molecule has 1 saturated heterocycles. The van der Waals surface area contributed by atoms with Crippen LogP contribution in [0, 0.1) is 5.92 Å². The normalized spacial score (nSPS) is 22.1. The van der Waals surface area contributed by atoms with E-state index in [0.717, 1.165) is 5.75 Å². The molecule has 0 aliphatic carbocycles. The molecule has 1 atom stereocenters. The van der Waals surface area contributed by atoms with Crippen LogP contribution in [0.25, 0.3) is 0 Å². The van der Waals surface area contributed by atoms with E-state index in [4.69, 9.17) is 4.40 Å². The lowest BCUT2D eigenvalue weighted by Gasteiger charge is -2.37. The summed E-state index contributed by atoms with van der Waals surface area (Å²) in [5.74, 6) is 3.85. The lowest BCUT2D eigenvalue weighted by atomic mass is 9.90. The molecule has 1 fully saturated rings. The summed E-state index contributed by atoms with van der Waals surface area (Å²) in [7, 11) is 0. The quantitative estimate of drug-likeness (QED) is 0.760. The first kappa shape index (κ1) is 15.0. The van der Waals surface area contributed by atoms with E-state index in [-0.39, 0.29) is 0 Å². The van der Waals surface area contributed by atoms with Crippen LogP contribution >= 0.6 is 11.9 Å². The minimum atomic E-state index is 0.625. The molecule has 0 bridgehead atoms. The number of rotatable bonds is 4. The van der Waals surface area contributed by atoms with Crippen LogP contribution < -0.4 is 0 Å². The number of fused-ring (bicyclic) bond motifs is 1. The Morgan fingerprint density at radius 1 is 1.24 bits per heavy atom. The number of benzene rings is 1. The van der Waals surface area contributed by atoms with E-state index in [1.807, 2.05) is 0 Å². The Balaban J connectivity index is 1.60. The second-order valence-electron chi connectivity index (χ2n) is 6.54. The molecule has 0 N–H and O–H groups in total. The summed E-state index contributed by atoms with van der Waals surface area (Å²) in [6.07, 6.45) is 5.08. The fourth-order valence-corrected chi connectivity index (χ4v) is 4.13. The van der Waals surface area contributed by atoms with Gasteiger partial charge in [0.15, 0.2) is 0 Å². The molecule has 3 heteroatoms. The van der Waals surface area contributed by atoms with Crippen molar-refractivity contribution < 1.29 is 0 Å². The van der Waals surface area contributed by atoms with Crippen molar-refractivity contribution in [3.8, 4) is 0 Å². The van der Waals surface area contributed by atoms with Crippen molar-refractivity contribution in [3.63, 3.8) is 0 Å². The summed E-state index contributed by atoms with van der Waals surface area (Å²) in [5, 5.41) is 0. The average molecular weight is 302 g/mol. The third-order valence-corrected chi connectivity index (χ3v) is 5.39. The number of amidine groups is 1. The molecule has 114 valence electrons. The monoisotopic (exact) mass is 302 g/mol. The molecule has 3 rings (SSSR count). The molecule has 2 heterocycles. The van der Waals surface area contributed by atoms with Crippen LogP contribution in [0.5, 0.6) is 0 Å². The van der Waals surface area contributed by atoms with Crippen LogP contribution in [0.2, 0.25) is 0 Å². The van der Waals surface area contributed by atoms with E-state index >= 15 is 0 Å². The zero-order chi connectivity index (χ0) is 14.7. The molecular weight excluding hydrogens is 276 g/mol. The van der Waals surface area contributed by atoms with Gasteiger partial charge >= 0.3 is 0 Å². The van der Waals surface area contributed by atoms with Gasteiger partial charge in [0, 0.05) is 24.8 Å². The van der Waals surface area contributed by atoms with Gasteiger partial charge in [0.05, 0.1) is 0 Å². The first-order chi connectivity index (χ1) is 10.2. The third kappa shape index (κ3) is 3.63. The van der Waals surface area contributed by atoms with Gasteiger partial charge in [0.1, 0.15) is 5.84 Å². The molecule has 1 aromatic rings. The van der Waals surface area contributed by atoms with Crippen molar-refractivity contribution in [2.75, 3.05) is 18.8 Å². The zero-order valence-electron chi connectivity index (χ0n) is 13.2. The summed E-state index contributed by atoms with van der Waals surface area (Å²) in [5.41, 5.74) is 2.91. The second-order valence-corrected chi connectivity index (χ2v) is 7.39. The standard InChI is InChI=1S/C18H26N2S/c1-14(2)16-8-5-15(6-9-16)7-10-17-4-3-11-20-12-13-21-19-18(17)20/h5-6,8-9,14,17H,3-4,7,10-13H2,1-2H3. The molecule has 21 heavy (non-hydrogen) atoms. The van der Waals surface area contributed by atoms with Crippen molar-refractivity contribution in [2.45, 2.75) is 45.4 Å². The number of aryl methyl sites for hydroxylation is 1. The van der Waals surface area contributed by atoms with E-state index in [0.29, 0.717) is 11.8 Å². The SMILES string of the molecule is CC(C)c1ccc(CCC2CCCN3CCSN=C23)cc1. The van der Waals surface area contributed by atoms with Gasteiger partial charge < -0.3 is 4.90 Å². The molecule has 0 spiro atoms. The second kappa shape index (κ2) is 6.87. The van der Waals surface area contributed by atoms with E-state index in [2.05, 4.69) is 43.0 Å². The highest BCUT2D eigenvalue weighted by atomic mass is 32.2. The molecule has 0 saturated carbocycles. The van der Waals surface area contributed by atoms with Crippen LogP contribution in [0.1, 0.15) is 50.2 Å². The minimum absolute atomic E-state index is 0.625. The lowest BCUT2D eigenvalue weighted by molar-refractivity contribution is 0.334. The Kier molecular flexibility index (Phi) is 4.89. The van der Waals surface area contributed by atoms with Crippen molar-refractivity contribution in [2.24, 2.45) is 10.3 Å². The van der Waals surface area contributed by atoms with Crippen molar-refractivity contribution >= 4 is 17.8 Å². The van der Waals surface area contributed by atoms with E-state index < -0.39 is 0 Å². The molecule has 1 aromatic carbocycles. The van der Waals surface area contributed by atoms with Crippen molar-refractivity contribution in [3.05, 3.63) is 35.4 Å². The summed E-state index contributed by atoms with van der Waals surface area (Å²) in [6.45, 7) is 6.93. The highest BCUT2D eigenvalue weighted by Gasteiger charge is 2.28. The van der Waals surface area contributed by atoms with Gasteiger partial charge in [-0.05, 0) is 54.7 Å². The molecule has 1 unspecified atom stereocenters. The predicted octanol–water partition coefficient (Wildman–Crippen LogP) is 4.51. The highest BCUT2D eigenvalue weighted by Crippen LogP contribution is 2.28. The van der Waals surface area contributed by atoms with Gasteiger partial charge in [-0.2, -0.15) is 0 Å². The Labute approximate surface area is 133 Å². The third-order valence-electron chi connectivity index (χ3n) is 4.71. The van der Waals surface area contributed by atoms with Gasteiger partial charge in [-0.3, -0.25) is 0 Å². The number of nitrogens with zero attached hydrogens (tertiary/aromatic N) is 2. The number of hydrogen-bond acceptors (Lipinski definition) is 3. The van der Waals surface area contributed by atoms with Gasteiger partial charge in [0.25, 0.3) is 0 Å². The zero-order valence-corrected chi connectivity index (χ0v) is 14.0. The van der Waals surface area contributed by atoms with Crippen molar-refractivity contribution in [1.82, 2.24) is 4.90 Å². The number of hydrogen-bond donors (Lipinski definition) is 0. The largest absolute Gasteiger partial charge is 0.358 e. The van der Waals surface area contributed by atoms with E-state index in [1.165, 1.54) is 55.7 Å². The molecule has 2 aliphatic heterocycles. The van der Waals surface area contributed by atoms with E-state index in [9.17, 15) is 0 Å². The lowest BCUT2D eigenvalue weighted by Crippen LogP contribution is -2.44. The predicted molar refractivity (Wildman–Crippen MR) is 93.0 cm³/mol. The van der Waals surface area contributed by atoms with Crippen LogP contribution in [0.4, 0.5) is 0 Å². The fraction of sp³-hybridized carbons (Fsp3) is 0.611. The van der Waals surface area contributed by atoms with E-state index in [1.54, 1.807) is 11.9 Å². The summed E-state index contributed by atoms with van der Waals surface area (Å²) >= 11 is 1.76. The highest BCUT2D eigenvalue weighted by molar-refractivity contribution is 7.98. The maximum atomic E-state index is 4.74. The molecule has 2 nitrogen and oxygen atoms in total. The minimum Gasteiger partial charge on any atom is -0.358 e. The topological polar surface area (TPSA) is 15.6 Å². The molecule has 0 amide bonds. The molecule has 0 aromatic heterocycles. The molecular formula is C18H26N2S. The Hall–Kier alpha value is -0.960. The summed E-state index contributed by atoms with van der Waals surface area (Å²) in [6, 6.07) is 9.21. The van der Waals surface area contributed by atoms with Crippen molar-refractivity contribution in [1.29, 1.82) is 0 Å². The van der Waals surface area contributed by atoms with Crippen LogP contribution in [0.3, 0.4) is 0 Å². The fourth-order valence-electron chi connectivity index (χ4n) is 3.34. The van der Waals surface area contributed by atoms with Crippen LogP contribution in [-0.2, 0) is 6.42 Å². The molecule has 0 radical (unpaired) electrons. The molecule has 2 aliphatic rings. The smallest absolute Gasteiger partial charge is 0.116 e. The first-order valence-electron chi connectivity index (χ1n) is 8.27. The average Bonchev–Trinajstić information content (AvgIpc) is 2.53. The van der Waals surface area contributed by atoms with Crippen LogP contribution in [-0.4, -0.2) is 29.6 Å². The summed E-state index contributed by atoms with van der Waals surface area (Å²) < 4.78 is 4.74.